The molecule has 2 rings (SSSR count). The lowest BCUT2D eigenvalue weighted by Gasteiger charge is -2.24. The average molecular weight is 400 g/mol. The van der Waals surface area contributed by atoms with Crippen LogP contribution in [0.1, 0.15) is 80.6 Å². The first-order valence-electron chi connectivity index (χ1n) is 9.64. The summed E-state index contributed by atoms with van der Waals surface area (Å²) in [4.78, 5) is 29.3. The molecule has 0 aliphatic heterocycles. The van der Waals surface area contributed by atoms with E-state index in [0.29, 0.717) is 5.56 Å². The maximum atomic E-state index is 14.3. The van der Waals surface area contributed by atoms with Gasteiger partial charge in [-0.1, -0.05) is 41.5 Å². The van der Waals surface area contributed by atoms with Gasteiger partial charge in [0.15, 0.2) is 0 Å². The summed E-state index contributed by atoms with van der Waals surface area (Å²) in [6, 6.07) is 7.41. The van der Waals surface area contributed by atoms with E-state index in [1.807, 2.05) is 41.5 Å². The number of anilines is 1. The summed E-state index contributed by atoms with van der Waals surface area (Å²) in [5, 5.41) is 2.70. The second-order valence-corrected chi connectivity index (χ2v) is 9.00. The minimum Gasteiger partial charge on any atom is -0.462 e. The lowest BCUT2D eigenvalue weighted by Crippen LogP contribution is -2.23. The number of halogens is 1. The lowest BCUT2D eigenvalue weighted by molar-refractivity contribution is 0.0521. The van der Waals surface area contributed by atoms with Crippen LogP contribution < -0.4 is 5.32 Å². The quantitative estimate of drug-likeness (QED) is 0.712. The molecule has 0 spiro atoms. The largest absolute Gasteiger partial charge is 0.462 e. The number of ether oxygens (including phenoxy) is 1. The minimum atomic E-state index is -0.748. The fourth-order valence-electron chi connectivity index (χ4n) is 2.60. The smallest absolute Gasteiger partial charge is 0.341 e. The van der Waals surface area contributed by atoms with Crippen LogP contribution in [0, 0.1) is 5.82 Å². The van der Waals surface area contributed by atoms with Crippen molar-refractivity contribution in [2.45, 2.75) is 59.3 Å². The van der Waals surface area contributed by atoms with Crippen LogP contribution in [0.5, 0.6) is 0 Å². The topological polar surface area (TPSA) is 68.3 Å². The number of carbonyl (C=O) groups excluding carboxylic acids is 2. The van der Waals surface area contributed by atoms with E-state index in [1.54, 1.807) is 19.1 Å². The number of benzene rings is 1. The molecule has 0 aliphatic carbocycles. The van der Waals surface area contributed by atoms with E-state index in [2.05, 4.69) is 5.32 Å². The summed E-state index contributed by atoms with van der Waals surface area (Å²) in [6.07, 6.45) is 0. The summed E-state index contributed by atoms with van der Waals surface area (Å²) in [5.41, 5.74) is 1.68. The number of carbonyl (C=O) groups is 2. The Morgan fingerprint density at radius 1 is 1.00 bits per heavy atom. The standard InChI is InChI=1S/C23H29FN2O3/c1-8-29-21(28)16-10-9-15(13-17(16)24)25-20(27)14-11-18(22(2,3)4)26-19(12-14)23(5,6)7/h9-13H,8H2,1-7H3,(H,25,27). The molecular weight excluding hydrogens is 371 g/mol. The first-order chi connectivity index (χ1) is 13.3. The summed E-state index contributed by atoms with van der Waals surface area (Å²) in [5.74, 6) is -1.85. The van der Waals surface area contributed by atoms with Gasteiger partial charge in [-0.05, 0) is 37.3 Å². The molecule has 0 saturated carbocycles. The van der Waals surface area contributed by atoms with Gasteiger partial charge in [-0.2, -0.15) is 0 Å². The molecule has 0 atom stereocenters. The van der Waals surface area contributed by atoms with Crippen molar-refractivity contribution in [1.29, 1.82) is 0 Å². The molecule has 156 valence electrons. The maximum Gasteiger partial charge on any atom is 0.341 e. The van der Waals surface area contributed by atoms with Crippen LogP contribution in [-0.2, 0) is 15.6 Å². The molecule has 0 saturated heterocycles. The number of esters is 1. The van der Waals surface area contributed by atoms with E-state index in [0.717, 1.165) is 17.5 Å². The fourth-order valence-corrected chi connectivity index (χ4v) is 2.60. The second kappa shape index (κ2) is 8.31. The molecule has 1 heterocycles. The van der Waals surface area contributed by atoms with Crippen molar-refractivity contribution in [3.63, 3.8) is 0 Å². The van der Waals surface area contributed by atoms with E-state index in [9.17, 15) is 14.0 Å². The molecule has 2 aromatic rings. The van der Waals surface area contributed by atoms with E-state index in [-0.39, 0.29) is 34.6 Å². The minimum absolute atomic E-state index is 0.158. The highest BCUT2D eigenvalue weighted by Gasteiger charge is 2.24. The number of aromatic nitrogens is 1. The zero-order chi connectivity index (χ0) is 22.0. The van der Waals surface area contributed by atoms with Gasteiger partial charge < -0.3 is 10.1 Å². The number of pyridine rings is 1. The van der Waals surface area contributed by atoms with Gasteiger partial charge in [0.1, 0.15) is 5.82 Å². The molecule has 1 N–H and O–H groups in total. The van der Waals surface area contributed by atoms with E-state index in [4.69, 9.17) is 9.72 Å². The molecule has 29 heavy (non-hydrogen) atoms. The van der Waals surface area contributed by atoms with Crippen molar-refractivity contribution in [3.8, 4) is 0 Å². The Morgan fingerprint density at radius 2 is 1.55 bits per heavy atom. The predicted molar refractivity (Wildman–Crippen MR) is 112 cm³/mol. The Hall–Kier alpha value is -2.76. The zero-order valence-corrected chi connectivity index (χ0v) is 18.1. The van der Waals surface area contributed by atoms with E-state index >= 15 is 0 Å². The highest BCUT2D eigenvalue weighted by atomic mass is 19.1. The summed E-state index contributed by atoms with van der Waals surface area (Å²) in [7, 11) is 0. The normalized spacial score (nSPS) is 11.9. The van der Waals surface area contributed by atoms with Gasteiger partial charge in [0.25, 0.3) is 5.91 Å². The molecule has 1 amide bonds. The monoisotopic (exact) mass is 400 g/mol. The van der Waals surface area contributed by atoms with Crippen LogP contribution in [0.3, 0.4) is 0 Å². The second-order valence-electron chi connectivity index (χ2n) is 9.00. The highest BCUT2D eigenvalue weighted by molar-refractivity contribution is 6.04. The van der Waals surface area contributed by atoms with Crippen LogP contribution in [0.2, 0.25) is 0 Å². The van der Waals surface area contributed by atoms with Crippen LogP contribution >= 0.6 is 0 Å². The summed E-state index contributed by atoms with van der Waals surface area (Å²) in [6.45, 7) is 14.0. The van der Waals surface area contributed by atoms with Gasteiger partial charge in [0.2, 0.25) is 0 Å². The molecule has 5 nitrogen and oxygen atoms in total. The summed E-state index contributed by atoms with van der Waals surface area (Å²) < 4.78 is 19.1. The van der Waals surface area contributed by atoms with Crippen molar-refractivity contribution >= 4 is 17.6 Å². The van der Waals surface area contributed by atoms with Gasteiger partial charge in [0, 0.05) is 33.5 Å². The molecule has 0 unspecified atom stereocenters. The number of hydrogen-bond donors (Lipinski definition) is 1. The number of nitrogens with zero attached hydrogens (tertiary/aromatic N) is 1. The molecule has 0 aliphatic rings. The van der Waals surface area contributed by atoms with Crippen molar-refractivity contribution in [1.82, 2.24) is 4.98 Å². The van der Waals surface area contributed by atoms with Gasteiger partial charge in [-0.15, -0.1) is 0 Å². The maximum absolute atomic E-state index is 14.3. The predicted octanol–water partition coefficient (Wildman–Crippen LogP) is 5.24. The molecular formula is C23H29FN2O3. The van der Waals surface area contributed by atoms with Crippen molar-refractivity contribution in [3.05, 3.63) is 58.7 Å². The van der Waals surface area contributed by atoms with Crippen molar-refractivity contribution in [2.75, 3.05) is 11.9 Å². The number of rotatable bonds is 4. The van der Waals surface area contributed by atoms with E-state index in [1.165, 1.54) is 12.1 Å². The first-order valence-corrected chi connectivity index (χ1v) is 9.64. The van der Waals surface area contributed by atoms with E-state index < -0.39 is 11.8 Å². The molecule has 1 aromatic carbocycles. The highest BCUT2D eigenvalue weighted by Crippen LogP contribution is 2.27. The Morgan fingerprint density at radius 3 is 2.00 bits per heavy atom. The molecule has 6 heteroatoms. The molecule has 0 bridgehead atoms. The number of nitrogens with one attached hydrogen (secondary N) is 1. The molecule has 0 fully saturated rings. The van der Waals surface area contributed by atoms with Gasteiger partial charge in [-0.25, -0.2) is 9.18 Å². The van der Waals surface area contributed by atoms with Crippen molar-refractivity contribution < 1.29 is 18.7 Å². The van der Waals surface area contributed by atoms with Crippen LogP contribution in [0.4, 0.5) is 10.1 Å². The van der Waals surface area contributed by atoms with Gasteiger partial charge in [0.05, 0.1) is 12.2 Å². The molecule has 1 aromatic heterocycles. The van der Waals surface area contributed by atoms with Crippen LogP contribution in [0.15, 0.2) is 30.3 Å². The van der Waals surface area contributed by atoms with Crippen LogP contribution in [-0.4, -0.2) is 23.5 Å². The third kappa shape index (κ3) is 5.62. The lowest BCUT2D eigenvalue weighted by atomic mass is 9.86. The third-order valence-corrected chi connectivity index (χ3v) is 4.35. The van der Waals surface area contributed by atoms with Gasteiger partial charge >= 0.3 is 5.97 Å². The Kier molecular flexibility index (Phi) is 6.46. The Labute approximate surface area is 171 Å². The van der Waals surface area contributed by atoms with Crippen LogP contribution in [0.25, 0.3) is 0 Å². The van der Waals surface area contributed by atoms with Crippen molar-refractivity contribution in [2.24, 2.45) is 0 Å². The Balaban J connectivity index is 2.35. The zero-order valence-electron chi connectivity index (χ0n) is 18.1. The summed E-state index contributed by atoms with van der Waals surface area (Å²) >= 11 is 0. The first kappa shape index (κ1) is 22.5. The SMILES string of the molecule is CCOC(=O)c1ccc(NC(=O)c2cc(C(C)(C)C)nc(C(C)(C)C)c2)cc1F. The van der Waals surface area contributed by atoms with Gasteiger partial charge in [-0.3, -0.25) is 9.78 Å². The fraction of sp³-hybridized carbons (Fsp3) is 0.435. The number of amides is 1. The third-order valence-electron chi connectivity index (χ3n) is 4.35. The Bertz CT molecular complexity index is 892. The average Bonchev–Trinajstić information content (AvgIpc) is 2.60. The molecule has 0 radical (unpaired) electrons. The number of hydrogen-bond acceptors (Lipinski definition) is 4.